The maximum absolute atomic E-state index is 13.6. The number of rotatable bonds is 5. The number of ether oxygens (including phenoxy) is 1. The van der Waals surface area contributed by atoms with Gasteiger partial charge in [0.2, 0.25) is 5.78 Å². The van der Waals surface area contributed by atoms with Gasteiger partial charge < -0.3 is 4.74 Å². The zero-order chi connectivity index (χ0) is 19.6. The third-order valence-electron chi connectivity index (χ3n) is 4.77. The molecular weight excluding hydrogens is 351 g/mol. The summed E-state index contributed by atoms with van der Waals surface area (Å²) in [7, 11) is 2.66. The van der Waals surface area contributed by atoms with Gasteiger partial charge in [-0.15, -0.1) is 9.24 Å². The molecular formula is C24H25O2P. The fourth-order valence-corrected chi connectivity index (χ4v) is 3.71. The smallest absolute Gasteiger partial charge is 0.208 e. The number of benzene rings is 3. The molecule has 27 heavy (non-hydrogen) atoms. The molecule has 0 amide bonds. The van der Waals surface area contributed by atoms with E-state index in [1.807, 2.05) is 76.2 Å². The average Bonchev–Trinajstić information content (AvgIpc) is 2.61. The highest BCUT2D eigenvalue weighted by molar-refractivity contribution is 7.27. The number of ketones is 1. The first-order valence-corrected chi connectivity index (χ1v) is 9.64. The van der Waals surface area contributed by atoms with Crippen LogP contribution in [-0.4, -0.2) is 5.78 Å². The first kappa shape index (κ1) is 19.3. The third kappa shape index (κ3) is 4.28. The molecule has 0 spiro atoms. The van der Waals surface area contributed by atoms with E-state index in [2.05, 4.69) is 21.4 Å². The van der Waals surface area contributed by atoms with E-state index in [0.717, 1.165) is 38.7 Å². The number of carbonyl (C=O) groups is 1. The Labute approximate surface area is 163 Å². The van der Waals surface area contributed by atoms with Gasteiger partial charge in [0.15, 0.2) is 6.10 Å². The number of carbonyl (C=O) groups excluding carboxylic acids is 1. The monoisotopic (exact) mass is 376 g/mol. The van der Waals surface area contributed by atoms with Gasteiger partial charge in [0, 0.05) is 11.1 Å². The SMILES string of the molecule is Cc1cc(C)c(C(=O)C(Oc2ccc(P)cc2)c2ccccc2C)c(C)c1. The Morgan fingerprint density at radius 3 is 2.04 bits per heavy atom. The summed E-state index contributed by atoms with van der Waals surface area (Å²) >= 11 is 0. The molecule has 0 radical (unpaired) electrons. The second kappa shape index (κ2) is 8.06. The summed E-state index contributed by atoms with van der Waals surface area (Å²) in [5.74, 6) is 0.680. The number of hydrogen-bond donors (Lipinski definition) is 0. The maximum Gasteiger partial charge on any atom is 0.208 e. The Hall–Kier alpha value is -2.44. The lowest BCUT2D eigenvalue weighted by molar-refractivity contribution is 0.0790. The van der Waals surface area contributed by atoms with Gasteiger partial charge in [-0.3, -0.25) is 4.79 Å². The molecule has 0 aliphatic heterocycles. The first-order chi connectivity index (χ1) is 12.9. The van der Waals surface area contributed by atoms with Crippen molar-refractivity contribution in [3.05, 3.63) is 94.0 Å². The first-order valence-electron chi connectivity index (χ1n) is 9.06. The summed E-state index contributed by atoms with van der Waals surface area (Å²) in [4.78, 5) is 13.6. The van der Waals surface area contributed by atoms with Crippen LogP contribution in [0.15, 0.2) is 60.7 Å². The molecule has 0 aliphatic rings. The van der Waals surface area contributed by atoms with Crippen molar-refractivity contribution in [3.63, 3.8) is 0 Å². The van der Waals surface area contributed by atoms with Gasteiger partial charge >= 0.3 is 0 Å². The molecule has 2 atom stereocenters. The van der Waals surface area contributed by atoms with Crippen molar-refractivity contribution in [1.29, 1.82) is 0 Å². The van der Waals surface area contributed by atoms with Crippen LogP contribution in [0.5, 0.6) is 5.75 Å². The summed E-state index contributed by atoms with van der Waals surface area (Å²) in [6.45, 7) is 8.05. The fraction of sp³-hybridized carbons (Fsp3) is 0.208. The highest BCUT2D eigenvalue weighted by Crippen LogP contribution is 2.30. The molecule has 3 rings (SSSR count). The van der Waals surface area contributed by atoms with Crippen molar-refractivity contribution in [3.8, 4) is 5.75 Å². The lowest BCUT2D eigenvalue weighted by Crippen LogP contribution is -2.22. The Balaban J connectivity index is 2.08. The minimum absolute atomic E-state index is 0.00532. The zero-order valence-electron chi connectivity index (χ0n) is 16.2. The van der Waals surface area contributed by atoms with E-state index in [1.54, 1.807) is 0 Å². The highest BCUT2D eigenvalue weighted by atomic mass is 31.0. The Bertz CT molecular complexity index is 951. The minimum atomic E-state index is -0.679. The van der Waals surface area contributed by atoms with Crippen LogP contribution in [0.4, 0.5) is 0 Å². The van der Waals surface area contributed by atoms with Gasteiger partial charge in [0.25, 0.3) is 0 Å². The lowest BCUT2D eigenvalue weighted by atomic mass is 9.90. The standard InChI is InChI=1S/C24H25O2P/c1-15-13-17(3)22(18(4)14-15)23(25)24(21-8-6-5-7-16(21)2)26-19-9-11-20(27)12-10-19/h5-14,24H,27H2,1-4H3. The van der Waals surface area contributed by atoms with Crippen molar-refractivity contribution in [1.82, 2.24) is 0 Å². The van der Waals surface area contributed by atoms with E-state index in [-0.39, 0.29) is 5.78 Å². The third-order valence-corrected chi connectivity index (χ3v) is 5.15. The number of aryl methyl sites for hydroxylation is 4. The Morgan fingerprint density at radius 2 is 1.44 bits per heavy atom. The van der Waals surface area contributed by atoms with E-state index in [9.17, 15) is 4.79 Å². The predicted molar refractivity (Wildman–Crippen MR) is 115 cm³/mol. The molecule has 0 saturated heterocycles. The second-order valence-corrected chi connectivity index (χ2v) is 7.73. The van der Waals surface area contributed by atoms with Crippen LogP contribution in [-0.2, 0) is 0 Å². The van der Waals surface area contributed by atoms with E-state index >= 15 is 0 Å². The van der Waals surface area contributed by atoms with Gasteiger partial charge in [-0.1, -0.05) is 54.1 Å². The molecule has 2 nitrogen and oxygen atoms in total. The number of hydrogen-bond acceptors (Lipinski definition) is 2. The highest BCUT2D eigenvalue weighted by Gasteiger charge is 2.28. The summed E-state index contributed by atoms with van der Waals surface area (Å²) in [6, 6.07) is 19.7. The maximum atomic E-state index is 13.6. The Kier molecular flexibility index (Phi) is 5.77. The fourth-order valence-electron chi connectivity index (χ4n) is 3.52. The van der Waals surface area contributed by atoms with Crippen LogP contribution in [0, 0.1) is 27.7 Å². The molecule has 0 heterocycles. The molecule has 3 aromatic carbocycles. The topological polar surface area (TPSA) is 26.3 Å². The average molecular weight is 376 g/mol. The van der Waals surface area contributed by atoms with Crippen LogP contribution in [0.25, 0.3) is 0 Å². The van der Waals surface area contributed by atoms with Crippen LogP contribution in [0.2, 0.25) is 0 Å². The van der Waals surface area contributed by atoms with Gasteiger partial charge in [-0.2, -0.15) is 0 Å². The molecule has 3 aromatic rings. The molecule has 0 bridgehead atoms. The predicted octanol–water partition coefficient (Wildman–Crippen LogP) is 5.42. The van der Waals surface area contributed by atoms with Crippen LogP contribution in [0.3, 0.4) is 0 Å². The van der Waals surface area contributed by atoms with Crippen molar-refractivity contribution in [2.75, 3.05) is 0 Å². The summed E-state index contributed by atoms with van der Waals surface area (Å²) < 4.78 is 6.23. The second-order valence-electron chi connectivity index (χ2n) is 7.06. The van der Waals surface area contributed by atoms with Crippen LogP contribution < -0.4 is 10.0 Å². The normalized spacial score (nSPS) is 11.9. The molecule has 0 saturated carbocycles. The van der Waals surface area contributed by atoms with Gasteiger partial charge in [0.05, 0.1) is 0 Å². The van der Waals surface area contributed by atoms with Crippen molar-refractivity contribution < 1.29 is 9.53 Å². The summed E-state index contributed by atoms with van der Waals surface area (Å²) in [5.41, 5.74) is 5.82. The quantitative estimate of drug-likeness (QED) is 0.439. The Morgan fingerprint density at radius 1 is 0.852 bits per heavy atom. The van der Waals surface area contributed by atoms with Gasteiger partial charge in [-0.25, -0.2) is 0 Å². The molecule has 2 unspecified atom stereocenters. The van der Waals surface area contributed by atoms with Gasteiger partial charge in [-0.05, 0) is 61.8 Å². The molecule has 0 fully saturated rings. The van der Waals surface area contributed by atoms with Crippen molar-refractivity contribution in [2.24, 2.45) is 0 Å². The number of Topliss-reactive ketones (excluding diaryl/α,β-unsaturated/α-hetero) is 1. The zero-order valence-corrected chi connectivity index (χ0v) is 17.4. The van der Waals surface area contributed by atoms with E-state index in [1.165, 1.54) is 0 Å². The van der Waals surface area contributed by atoms with Crippen molar-refractivity contribution >= 4 is 20.3 Å². The van der Waals surface area contributed by atoms with Crippen LogP contribution >= 0.6 is 9.24 Å². The van der Waals surface area contributed by atoms with Gasteiger partial charge in [0.1, 0.15) is 5.75 Å². The van der Waals surface area contributed by atoms with Crippen molar-refractivity contribution in [2.45, 2.75) is 33.8 Å². The largest absolute Gasteiger partial charge is 0.477 e. The van der Waals surface area contributed by atoms with E-state index in [4.69, 9.17) is 4.74 Å². The van der Waals surface area contributed by atoms with Crippen LogP contribution in [0.1, 0.15) is 44.3 Å². The summed E-state index contributed by atoms with van der Waals surface area (Å²) in [6.07, 6.45) is -0.679. The minimum Gasteiger partial charge on any atom is -0.477 e. The molecule has 0 aromatic heterocycles. The lowest BCUT2D eigenvalue weighted by Gasteiger charge is -2.22. The summed E-state index contributed by atoms with van der Waals surface area (Å²) in [5, 5.41) is 1.08. The molecule has 0 N–H and O–H groups in total. The molecule has 0 aliphatic carbocycles. The van der Waals surface area contributed by atoms with E-state index in [0.29, 0.717) is 5.75 Å². The molecule has 3 heteroatoms. The van der Waals surface area contributed by atoms with E-state index < -0.39 is 6.10 Å². The molecule has 138 valence electrons.